The number of hydrazine groups is 1. The lowest BCUT2D eigenvalue weighted by Gasteiger charge is -2.21. The number of hydrogen-bond acceptors (Lipinski definition) is 6. The Bertz CT molecular complexity index is 1230. The van der Waals surface area contributed by atoms with E-state index in [1.807, 2.05) is 12.1 Å². The second kappa shape index (κ2) is 10.5. The van der Waals surface area contributed by atoms with E-state index in [9.17, 15) is 19.2 Å². The highest BCUT2D eigenvalue weighted by molar-refractivity contribution is 6.05. The van der Waals surface area contributed by atoms with Crippen molar-refractivity contribution in [1.82, 2.24) is 21.0 Å². The van der Waals surface area contributed by atoms with Crippen molar-refractivity contribution in [2.75, 3.05) is 11.4 Å². The molecule has 0 aliphatic heterocycles. The molecule has 0 saturated heterocycles. The molecule has 0 fully saturated rings. The van der Waals surface area contributed by atoms with Crippen molar-refractivity contribution >= 4 is 34.2 Å². The van der Waals surface area contributed by atoms with E-state index in [0.29, 0.717) is 16.5 Å². The first kappa shape index (κ1) is 22.2. The van der Waals surface area contributed by atoms with Gasteiger partial charge in [-0.1, -0.05) is 36.4 Å². The number of para-hydroxylation sites is 1. The Kier molecular flexibility index (Phi) is 7.27. The number of aromatic amines is 1. The summed E-state index contributed by atoms with van der Waals surface area (Å²) in [7, 11) is 0. The van der Waals surface area contributed by atoms with Gasteiger partial charge in [0.1, 0.15) is 0 Å². The van der Waals surface area contributed by atoms with Crippen LogP contribution in [-0.2, 0) is 9.59 Å². The quantitative estimate of drug-likeness (QED) is 0.481. The van der Waals surface area contributed by atoms with Gasteiger partial charge < -0.3 is 4.90 Å². The van der Waals surface area contributed by atoms with Crippen molar-refractivity contribution < 1.29 is 14.4 Å². The van der Waals surface area contributed by atoms with Crippen LogP contribution >= 0.6 is 0 Å². The predicted octanol–water partition coefficient (Wildman–Crippen LogP) is 1.41. The lowest BCUT2D eigenvalue weighted by atomic mass is 10.1. The van der Waals surface area contributed by atoms with Crippen LogP contribution in [-0.4, -0.2) is 34.5 Å². The Labute approximate surface area is 182 Å². The van der Waals surface area contributed by atoms with Crippen molar-refractivity contribution in [3.8, 4) is 6.07 Å². The zero-order valence-electron chi connectivity index (χ0n) is 17.0. The van der Waals surface area contributed by atoms with Gasteiger partial charge in [-0.3, -0.25) is 30.0 Å². The van der Waals surface area contributed by atoms with E-state index >= 15 is 0 Å². The third kappa shape index (κ3) is 5.34. The van der Waals surface area contributed by atoms with Crippen LogP contribution in [0, 0.1) is 11.3 Å². The molecule has 0 aliphatic carbocycles. The van der Waals surface area contributed by atoms with Gasteiger partial charge >= 0.3 is 0 Å². The van der Waals surface area contributed by atoms with E-state index in [1.54, 1.807) is 48.5 Å². The first-order valence-corrected chi connectivity index (χ1v) is 9.80. The number of anilines is 1. The molecule has 3 amide bonds. The van der Waals surface area contributed by atoms with Gasteiger partial charge in [-0.2, -0.15) is 10.4 Å². The molecule has 3 aromatic rings. The van der Waals surface area contributed by atoms with Crippen LogP contribution in [0.15, 0.2) is 59.4 Å². The Morgan fingerprint density at radius 1 is 0.969 bits per heavy atom. The maximum Gasteiger partial charge on any atom is 0.290 e. The van der Waals surface area contributed by atoms with Crippen molar-refractivity contribution in [3.05, 3.63) is 70.6 Å². The molecule has 0 radical (unpaired) electrons. The monoisotopic (exact) mass is 432 g/mol. The fourth-order valence-electron chi connectivity index (χ4n) is 3.06. The summed E-state index contributed by atoms with van der Waals surface area (Å²) in [4.78, 5) is 50.4. The number of H-pyrrole nitrogens is 1. The number of hydrogen-bond donors (Lipinski definition) is 3. The molecule has 0 bridgehead atoms. The topological polar surface area (TPSA) is 148 Å². The van der Waals surface area contributed by atoms with E-state index in [1.165, 1.54) is 4.90 Å². The van der Waals surface area contributed by atoms with Crippen molar-refractivity contribution in [1.29, 1.82) is 5.26 Å². The minimum Gasteiger partial charge on any atom is -0.311 e. The molecule has 0 spiro atoms. The first-order chi connectivity index (χ1) is 15.5. The molecular formula is C22H20N6O4. The van der Waals surface area contributed by atoms with Crippen molar-refractivity contribution in [2.24, 2.45) is 0 Å². The van der Waals surface area contributed by atoms with Gasteiger partial charge in [0.15, 0.2) is 5.69 Å². The summed E-state index contributed by atoms with van der Waals surface area (Å²) < 4.78 is 0. The maximum atomic E-state index is 12.6. The lowest BCUT2D eigenvalue weighted by Crippen LogP contribution is -2.43. The Morgan fingerprint density at radius 2 is 1.66 bits per heavy atom. The van der Waals surface area contributed by atoms with Crippen LogP contribution in [0.1, 0.15) is 29.8 Å². The van der Waals surface area contributed by atoms with Gasteiger partial charge in [0.05, 0.1) is 17.9 Å². The number of aromatic nitrogens is 2. The molecule has 0 atom stereocenters. The zero-order valence-corrected chi connectivity index (χ0v) is 17.0. The highest BCUT2D eigenvalue weighted by Crippen LogP contribution is 2.15. The fraction of sp³-hybridized carbons (Fsp3) is 0.182. The van der Waals surface area contributed by atoms with Crippen LogP contribution in [0.5, 0.6) is 0 Å². The molecule has 0 unspecified atom stereocenters. The molecule has 32 heavy (non-hydrogen) atoms. The fourth-order valence-corrected chi connectivity index (χ4v) is 3.06. The number of carbonyl (C=O) groups excluding carboxylic acids is 3. The first-order valence-electron chi connectivity index (χ1n) is 9.80. The van der Waals surface area contributed by atoms with Crippen LogP contribution in [0.3, 0.4) is 0 Å². The largest absolute Gasteiger partial charge is 0.311 e. The third-order valence-corrected chi connectivity index (χ3v) is 4.61. The van der Waals surface area contributed by atoms with E-state index in [4.69, 9.17) is 5.26 Å². The van der Waals surface area contributed by atoms with Gasteiger partial charge in [0.2, 0.25) is 11.8 Å². The number of benzene rings is 2. The van der Waals surface area contributed by atoms with Crippen LogP contribution in [0.2, 0.25) is 0 Å². The normalized spacial score (nSPS) is 10.2. The number of amides is 3. The van der Waals surface area contributed by atoms with Crippen molar-refractivity contribution in [2.45, 2.75) is 19.3 Å². The average Bonchev–Trinajstić information content (AvgIpc) is 2.82. The van der Waals surface area contributed by atoms with Crippen LogP contribution in [0.25, 0.3) is 10.8 Å². The number of nitrogens with zero attached hydrogens (tertiary/aromatic N) is 3. The average molecular weight is 432 g/mol. The summed E-state index contributed by atoms with van der Waals surface area (Å²) in [6.07, 6.45) is -0.125. The Hall–Kier alpha value is -4.52. The maximum absolute atomic E-state index is 12.6. The SMILES string of the molecule is N#CCCN(C(=O)CCC(=O)NNC(=O)c1n[nH]c(=O)c2ccccc12)c1ccccc1. The van der Waals surface area contributed by atoms with Gasteiger partial charge in [0, 0.05) is 30.5 Å². The number of nitriles is 1. The summed E-state index contributed by atoms with van der Waals surface area (Å²) in [6.45, 7) is 0.211. The summed E-state index contributed by atoms with van der Waals surface area (Å²) in [6, 6.07) is 17.3. The van der Waals surface area contributed by atoms with Gasteiger partial charge in [-0.15, -0.1) is 0 Å². The molecule has 0 saturated carbocycles. The number of rotatable bonds is 7. The van der Waals surface area contributed by atoms with E-state index in [-0.39, 0.29) is 37.4 Å². The molecule has 3 N–H and O–H groups in total. The van der Waals surface area contributed by atoms with E-state index < -0.39 is 17.4 Å². The van der Waals surface area contributed by atoms with Gasteiger partial charge in [-0.05, 0) is 18.2 Å². The summed E-state index contributed by atoms with van der Waals surface area (Å²) >= 11 is 0. The van der Waals surface area contributed by atoms with Gasteiger partial charge in [0.25, 0.3) is 11.5 Å². The van der Waals surface area contributed by atoms with Crippen LogP contribution < -0.4 is 21.3 Å². The minimum atomic E-state index is -0.711. The highest BCUT2D eigenvalue weighted by atomic mass is 16.2. The molecule has 1 heterocycles. The number of nitrogens with one attached hydrogen (secondary N) is 3. The molecule has 1 aromatic heterocycles. The number of fused-ring (bicyclic) bond motifs is 1. The summed E-state index contributed by atoms with van der Waals surface area (Å²) in [5.74, 6) is -1.60. The molecule has 10 heteroatoms. The molecular weight excluding hydrogens is 412 g/mol. The van der Waals surface area contributed by atoms with E-state index in [2.05, 4.69) is 21.0 Å². The Balaban J connectivity index is 1.57. The smallest absolute Gasteiger partial charge is 0.290 e. The summed E-state index contributed by atoms with van der Waals surface area (Å²) in [5, 5.41) is 15.5. The minimum absolute atomic E-state index is 0.0525. The number of carbonyl (C=O) groups is 3. The molecule has 162 valence electrons. The van der Waals surface area contributed by atoms with E-state index in [0.717, 1.165) is 0 Å². The lowest BCUT2D eigenvalue weighted by molar-refractivity contribution is -0.125. The standard InChI is InChI=1S/C22H20N6O4/c23-13-6-14-28(15-7-2-1-3-8-15)19(30)12-11-18(29)24-27-22(32)20-16-9-4-5-10-17(16)21(31)26-25-20/h1-5,7-10H,6,11-12,14H2,(H,24,29)(H,26,31)(H,27,32). The van der Waals surface area contributed by atoms with Crippen molar-refractivity contribution in [3.63, 3.8) is 0 Å². The molecule has 3 rings (SSSR count). The molecule has 10 nitrogen and oxygen atoms in total. The third-order valence-electron chi connectivity index (χ3n) is 4.61. The van der Waals surface area contributed by atoms with Gasteiger partial charge in [-0.25, -0.2) is 5.10 Å². The highest BCUT2D eigenvalue weighted by Gasteiger charge is 2.18. The molecule has 0 aliphatic rings. The second-order valence-electron chi connectivity index (χ2n) is 6.74. The van der Waals surface area contributed by atoms with Crippen LogP contribution in [0.4, 0.5) is 5.69 Å². The predicted molar refractivity (Wildman–Crippen MR) is 116 cm³/mol. The Morgan fingerprint density at radius 3 is 2.38 bits per heavy atom. The zero-order chi connectivity index (χ0) is 22.9. The second-order valence-corrected chi connectivity index (χ2v) is 6.74. The summed E-state index contributed by atoms with van der Waals surface area (Å²) in [5.41, 5.74) is 4.63. The molecule has 2 aromatic carbocycles.